The second-order valence-electron chi connectivity index (χ2n) is 5.18. The summed E-state index contributed by atoms with van der Waals surface area (Å²) in [5.41, 5.74) is 6.58. The van der Waals surface area contributed by atoms with Crippen LogP contribution in [0.4, 0.5) is 11.5 Å². The zero-order valence-corrected chi connectivity index (χ0v) is 12.4. The van der Waals surface area contributed by atoms with E-state index in [1.165, 1.54) is 26.4 Å². The van der Waals surface area contributed by atoms with Gasteiger partial charge in [-0.2, -0.15) is 0 Å². The molecule has 1 fully saturated rings. The zero-order chi connectivity index (χ0) is 15.1. The predicted molar refractivity (Wildman–Crippen MR) is 81.3 cm³/mol. The minimum Gasteiger partial charge on any atom is -0.464 e. The zero-order valence-electron chi connectivity index (χ0n) is 12.4. The van der Waals surface area contributed by atoms with Gasteiger partial charge < -0.3 is 20.5 Å². The van der Waals surface area contributed by atoms with Crippen LogP contribution in [0.15, 0.2) is 12.1 Å². The van der Waals surface area contributed by atoms with Crippen molar-refractivity contribution in [3.8, 4) is 0 Å². The summed E-state index contributed by atoms with van der Waals surface area (Å²) in [7, 11) is 1.32. The molecule has 0 saturated heterocycles. The first-order valence-electron chi connectivity index (χ1n) is 7.41. The van der Waals surface area contributed by atoms with Gasteiger partial charge in [0.25, 0.3) is 0 Å². The molecule has 1 saturated carbocycles. The summed E-state index contributed by atoms with van der Waals surface area (Å²) in [6, 6.07) is 3.19. The number of rotatable bonds is 6. The first-order chi connectivity index (χ1) is 10.2. The Morgan fingerprint density at radius 2 is 2.14 bits per heavy atom. The van der Waals surface area contributed by atoms with Crippen molar-refractivity contribution in [1.82, 2.24) is 4.98 Å². The van der Waals surface area contributed by atoms with E-state index in [-0.39, 0.29) is 5.69 Å². The van der Waals surface area contributed by atoms with Crippen LogP contribution in [0.1, 0.15) is 42.6 Å². The Balaban J connectivity index is 1.80. The molecule has 0 radical (unpaired) electrons. The van der Waals surface area contributed by atoms with Gasteiger partial charge >= 0.3 is 5.97 Å². The summed E-state index contributed by atoms with van der Waals surface area (Å²) in [5, 5.41) is 3.10. The van der Waals surface area contributed by atoms with Gasteiger partial charge in [0, 0.05) is 6.54 Å². The van der Waals surface area contributed by atoms with Gasteiger partial charge in [-0.05, 0) is 25.0 Å². The molecule has 0 aromatic carbocycles. The third kappa shape index (κ3) is 4.60. The normalized spacial score (nSPS) is 15.7. The number of hydrogen-bond donors (Lipinski definition) is 2. The molecule has 3 N–H and O–H groups in total. The van der Waals surface area contributed by atoms with E-state index in [1.54, 1.807) is 12.1 Å². The summed E-state index contributed by atoms with van der Waals surface area (Å²) < 4.78 is 10.5. The van der Waals surface area contributed by atoms with Crippen molar-refractivity contribution < 1.29 is 14.3 Å². The molecular weight excluding hydrogens is 270 g/mol. The molecule has 116 valence electrons. The fourth-order valence-corrected chi connectivity index (χ4v) is 2.46. The molecule has 6 heteroatoms. The number of pyridine rings is 1. The summed E-state index contributed by atoms with van der Waals surface area (Å²) in [6.07, 6.45) is 6.52. The lowest BCUT2D eigenvalue weighted by Gasteiger charge is -2.22. The lowest BCUT2D eigenvalue weighted by atomic mass is 9.98. The minimum absolute atomic E-state index is 0.238. The molecule has 6 nitrogen and oxygen atoms in total. The number of ether oxygens (including phenoxy) is 2. The molecule has 0 bridgehead atoms. The molecule has 1 aromatic rings. The van der Waals surface area contributed by atoms with Crippen molar-refractivity contribution in [3.63, 3.8) is 0 Å². The molecule has 0 atom stereocenters. The largest absolute Gasteiger partial charge is 0.464 e. The van der Waals surface area contributed by atoms with E-state index in [4.69, 9.17) is 10.5 Å². The molecule has 2 rings (SSSR count). The summed E-state index contributed by atoms with van der Waals surface area (Å²) >= 11 is 0. The highest BCUT2D eigenvalue weighted by molar-refractivity contribution is 5.88. The maximum Gasteiger partial charge on any atom is 0.356 e. The van der Waals surface area contributed by atoms with Gasteiger partial charge in [0.15, 0.2) is 5.69 Å². The van der Waals surface area contributed by atoms with Crippen molar-refractivity contribution >= 4 is 17.5 Å². The Kier molecular flexibility index (Phi) is 5.80. The quantitative estimate of drug-likeness (QED) is 0.618. The van der Waals surface area contributed by atoms with Gasteiger partial charge in [-0.1, -0.05) is 19.3 Å². The van der Waals surface area contributed by atoms with Crippen LogP contribution in [-0.4, -0.2) is 37.3 Å². The van der Waals surface area contributed by atoms with Crippen molar-refractivity contribution in [3.05, 3.63) is 17.8 Å². The Labute approximate surface area is 125 Å². The number of carbonyl (C=O) groups is 1. The van der Waals surface area contributed by atoms with Crippen LogP contribution >= 0.6 is 0 Å². The van der Waals surface area contributed by atoms with Crippen molar-refractivity contribution in [2.75, 3.05) is 31.3 Å². The number of esters is 1. The standard InChI is InChI=1S/C15H23N3O3/c1-20-15(19)13-8-7-12(16)14(18-13)17-9-10-21-11-5-3-2-4-6-11/h7-8,11H,2-6,9-10,16H2,1H3,(H,17,18). The van der Waals surface area contributed by atoms with E-state index in [0.717, 1.165) is 12.8 Å². The Morgan fingerprint density at radius 1 is 1.38 bits per heavy atom. The molecule has 0 amide bonds. The predicted octanol–water partition coefficient (Wildman–Crippen LogP) is 2.21. The van der Waals surface area contributed by atoms with Crippen molar-refractivity contribution in [1.29, 1.82) is 0 Å². The molecule has 1 aliphatic carbocycles. The van der Waals surface area contributed by atoms with E-state index in [0.29, 0.717) is 30.8 Å². The van der Waals surface area contributed by atoms with Crippen LogP contribution in [0.2, 0.25) is 0 Å². The van der Waals surface area contributed by atoms with Gasteiger partial charge in [-0.15, -0.1) is 0 Å². The molecule has 21 heavy (non-hydrogen) atoms. The van der Waals surface area contributed by atoms with Crippen LogP contribution in [0, 0.1) is 0 Å². The summed E-state index contributed by atoms with van der Waals surface area (Å²) in [4.78, 5) is 15.6. The first-order valence-corrected chi connectivity index (χ1v) is 7.41. The highest BCUT2D eigenvalue weighted by atomic mass is 16.5. The monoisotopic (exact) mass is 293 g/mol. The number of carbonyl (C=O) groups excluding carboxylic acids is 1. The van der Waals surface area contributed by atoms with E-state index in [2.05, 4.69) is 15.0 Å². The van der Waals surface area contributed by atoms with Crippen molar-refractivity contribution in [2.45, 2.75) is 38.2 Å². The fourth-order valence-electron chi connectivity index (χ4n) is 2.46. The number of nitrogens with one attached hydrogen (secondary N) is 1. The lowest BCUT2D eigenvalue weighted by Crippen LogP contribution is -2.21. The Morgan fingerprint density at radius 3 is 2.86 bits per heavy atom. The van der Waals surface area contributed by atoms with E-state index in [9.17, 15) is 4.79 Å². The first kappa shape index (κ1) is 15.6. The lowest BCUT2D eigenvalue weighted by molar-refractivity contribution is 0.0347. The number of aromatic nitrogens is 1. The highest BCUT2D eigenvalue weighted by Crippen LogP contribution is 2.20. The van der Waals surface area contributed by atoms with Crippen LogP contribution in [0.3, 0.4) is 0 Å². The Hall–Kier alpha value is -1.82. The third-order valence-corrected chi connectivity index (χ3v) is 3.62. The maximum atomic E-state index is 11.4. The molecule has 1 heterocycles. The Bertz CT molecular complexity index is 473. The number of nitrogen functional groups attached to an aromatic ring is 1. The number of anilines is 2. The van der Waals surface area contributed by atoms with Gasteiger partial charge in [-0.25, -0.2) is 9.78 Å². The molecule has 0 aliphatic heterocycles. The topological polar surface area (TPSA) is 86.5 Å². The fraction of sp³-hybridized carbons (Fsp3) is 0.600. The number of nitrogens with two attached hydrogens (primary N) is 1. The van der Waals surface area contributed by atoms with Crippen LogP contribution < -0.4 is 11.1 Å². The second-order valence-corrected chi connectivity index (χ2v) is 5.18. The second kappa shape index (κ2) is 7.83. The molecule has 1 aliphatic rings. The van der Waals surface area contributed by atoms with E-state index >= 15 is 0 Å². The van der Waals surface area contributed by atoms with Gasteiger partial charge in [0.1, 0.15) is 5.82 Å². The average molecular weight is 293 g/mol. The smallest absolute Gasteiger partial charge is 0.356 e. The number of hydrogen-bond acceptors (Lipinski definition) is 6. The summed E-state index contributed by atoms with van der Waals surface area (Å²) in [5.74, 6) is 0.0154. The highest BCUT2D eigenvalue weighted by Gasteiger charge is 2.13. The van der Waals surface area contributed by atoms with Gasteiger partial charge in [0.2, 0.25) is 0 Å². The number of methoxy groups -OCH3 is 1. The third-order valence-electron chi connectivity index (χ3n) is 3.62. The van der Waals surface area contributed by atoms with E-state index < -0.39 is 5.97 Å². The van der Waals surface area contributed by atoms with Crippen LogP contribution in [-0.2, 0) is 9.47 Å². The van der Waals surface area contributed by atoms with Gasteiger partial charge in [0.05, 0.1) is 25.5 Å². The van der Waals surface area contributed by atoms with Crippen LogP contribution in [0.5, 0.6) is 0 Å². The molecular formula is C15H23N3O3. The number of nitrogens with zero attached hydrogens (tertiary/aromatic N) is 1. The SMILES string of the molecule is COC(=O)c1ccc(N)c(NCCOC2CCCCC2)n1. The average Bonchev–Trinajstić information content (AvgIpc) is 2.53. The minimum atomic E-state index is -0.475. The molecule has 0 spiro atoms. The maximum absolute atomic E-state index is 11.4. The molecule has 0 unspecified atom stereocenters. The van der Waals surface area contributed by atoms with Gasteiger partial charge in [-0.3, -0.25) is 0 Å². The van der Waals surface area contributed by atoms with Crippen LogP contribution in [0.25, 0.3) is 0 Å². The van der Waals surface area contributed by atoms with E-state index in [1.807, 2.05) is 0 Å². The molecule has 1 aromatic heterocycles. The van der Waals surface area contributed by atoms with Crippen molar-refractivity contribution in [2.24, 2.45) is 0 Å². The summed E-state index contributed by atoms with van der Waals surface area (Å²) in [6.45, 7) is 1.21.